The zero-order valence-electron chi connectivity index (χ0n) is 34.0. The monoisotopic (exact) mass is 821 g/mol. The van der Waals surface area contributed by atoms with E-state index >= 15 is 0 Å². The van der Waals surface area contributed by atoms with Crippen LogP contribution < -0.4 is 10.6 Å². The highest BCUT2D eigenvalue weighted by atomic mass is 32.2. The minimum atomic E-state index is -0.948. The lowest BCUT2D eigenvalue weighted by molar-refractivity contribution is -0.169. The summed E-state index contributed by atoms with van der Waals surface area (Å²) in [6.07, 6.45) is 26.3. The Morgan fingerprint density at radius 3 is 1.91 bits per heavy atom. The number of β-lactam (4-membered cyclic amide) rings is 1. The largest absolute Gasteiger partial charge is 0.456 e. The molecule has 13 nitrogen and oxygen atoms in total. The number of unbranched alkanes of at least 4 members (excludes halogenated alkanes) is 18. The molecule has 0 aromatic carbocycles. The molecule has 1 saturated heterocycles. The summed E-state index contributed by atoms with van der Waals surface area (Å²) in [5.74, 6) is -1.67. The number of carbonyl (C=O) groups is 4. The van der Waals surface area contributed by atoms with Gasteiger partial charge in [-0.05, 0) is 24.3 Å². The molecule has 1 aromatic rings. The van der Waals surface area contributed by atoms with Crippen LogP contribution in [0.25, 0.3) is 0 Å². The molecule has 0 aliphatic carbocycles. The van der Waals surface area contributed by atoms with Gasteiger partial charge in [0.05, 0.1) is 13.2 Å². The SMILES string of the molecule is CCCCCCCCCCCCOCC(COCCCCCCCCCCCC)OC(=O)C1C=CS[C@H]2C(NC(=O)C(=NOC)c3csc(NC=O)n3)C(=O)N12. The number of hydrogen-bond donors (Lipinski definition) is 2. The van der Waals surface area contributed by atoms with Crippen LogP contribution in [-0.4, -0.2) is 96.9 Å². The van der Waals surface area contributed by atoms with Gasteiger partial charge in [0.2, 0.25) is 12.3 Å². The van der Waals surface area contributed by atoms with Crippen LogP contribution >= 0.6 is 23.1 Å². The molecule has 2 aliphatic heterocycles. The Labute approximate surface area is 342 Å². The number of esters is 1. The van der Waals surface area contributed by atoms with Crippen molar-refractivity contribution in [2.75, 3.05) is 38.9 Å². The number of carbonyl (C=O) groups excluding carboxylic acids is 4. The molecule has 0 radical (unpaired) electrons. The molecule has 1 fully saturated rings. The van der Waals surface area contributed by atoms with Crippen LogP contribution in [-0.2, 0) is 38.2 Å². The van der Waals surface area contributed by atoms with Crippen LogP contribution in [0.2, 0.25) is 0 Å². The van der Waals surface area contributed by atoms with Gasteiger partial charge < -0.3 is 34.6 Å². The van der Waals surface area contributed by atoms with Crippen molar-refractivity contribution in [3.8, 4) is 0 Å². The molecule has 3 heterocycles. The van der Waals surface area contributed by atoms with Crippen LogP contribution in [0.3, 0.4) is 0 Å². The van der Waals surface area contributed by atoms with E-state index in [2.05, 4.69) is 34.6 Å². The molecular formula is C41H67N5O8S2. The lowest BCUT2D eigenvalue weighted by atomic mass is 10.0. The Kier molecular flexibility index (Phi) is 24.7. The Morgan fingerprint density at radius 1 is 0.857 bits per heavy atom. The van der Waals surface area contributed by atoms with Gasteiger partial charge in [0.1, 0.15) is 36.4 Å². The predicted octanol–water partition coefficient (Wildman–Crippen LogP) is 8.13. The molecule has 15 heteroatoms. The standard InChI is InChI=1S/C41H67N5O8S2/c1-4-6-8-10-12-14-16-18-20-22-25-52-28-32(29-53-26-23-21-19-17-15-13-11-9-7-5-2)54-40(50)34-24-27-55-39-36(38(49)46(34)39)44-37(48)35(45-51-3)33-30-56-41(43-33)42-31-47/h24,27,30-32,34,36,39H,4-23,25-26,28-29H2,1-3H3,(H,44,48)(H,42,43,47)/t34?,36?,39-/m0/s1. The highest BCUT2D eigenvalue weighted by Crippen LogP contribution is 2.37. The lowest BCUT2D eigenvalue weighted by Gasteiger charge is -2.50. The maximum atomic E-state index is 13.6. The normalized spacial score (nSPS) is 17.8. The van der Waals surface area contributed by atoms with Crippen LogP contribution in [0, 0.1) is 0 Å². The minimum absolute atomic E-state index is 0.153. The number of rotatable bonds is 34. The van der Waals surface area contributed by atoms with Gasteiger partial charge >= 0.3 is 5.97 Å². The third-order valence-corrected chi connectivity index (χ3v) is 11.8. The number of anilines is 1. The summed E-state index contributed by atoms with van der Waals surface area (Å²) in [4.78, 5) is 61.5. The van der Waals surface area contributed by atoms with Gasteiger partial charge in [0.15, 0.2) is 10.8 Å². The topological polar surface area (TPSA) is 158 Å². The summed E-state index contributed by atoms with van der Waals surface area (Å²) in [6.45, 7) is 6.08. The van der Waals surface area contributed by atoms with Gasteiger partial charge in [0.25, 0.3) is 5.91 Å². The van der Waals surface area contributed by atoms with Gasteiger partial charge in [-0.1, -0.05) is 135 Å². The van der Waals surface area contributed by atoms with Gasteiger partial charge in [-0.25, -0.2) is 9.78 Å². The Balaban J connectivity index is 1.47. The average Bonchev–Trinajstić information content (AvgIpc) is 3.67. The Hall–Kier alpha value is -3.01. The zero-order chi connectivity index (χ0) is 40.2. The van der Waals surface area contributed by atoms with Gasteiger partial charge in [-0.3, -0.25) is 14.4 Å². The smallest absolute Gasteiger partial charge is 0.333 e. The predicted molar refractivity (Wildman–Crippen MR) is 224 cm³/mol. The van der Waals surface area contributed by atoms with Crippen molar-refractivity contribution in [1.29, 1.82) is 0 Å². The van der Waals surface area contributed by atoms with E-state index in [1.807, 2.05) is 0 Å². The summed E-state index contributed by atoms with van der Waals surface area (Å²) < 4.78 is 17.9. The van der Waals surface area contributed by atoms with Gasteiger partial charge in [0, 0.05) is 18.6 Å². The maximum Gasteiger partial charge on any atom is 0.333 e. The van der Waals surface area contributed by atoms with Crippen molar-refractivity contribution in [3.63, 3.8) is 0 Å². The molecule has 2 unspecified atom stereocenters. The highest BCUT2D eigenvalue weighted by molar-refractivity contribution is 8.02. The average molecular weight is 822 g/mol. The van der Waals surface area contributed by atoms with Crippen molar-refractivity contribution in [2.24, 2.45) is 5.16 Å². The first kappa shape index (κ1) is 47.4. The molecule has 3 atom stereocenters. The lowest BCUT2D eigenvalue weighted by Crippen LogP contribution is -2.73. The maximum absolute atomic E-state index is 13.6. The molecule has 3 amide bonds. The van der Waals surface area contributed by atoms with Crippen molar-refractivity contribution in [3.05, 3.63) is 22.6 Å². The van der Waals surface area contributed by atoms with Gasteiger partial charge in [-0.15, -0.1) is 23.1 Å². The van der Waals surface area contributed by atoms with Crippen molar-refractivity contribution < 1.29 is 38.2 Å². The molecule has 316 valence electrons. The molecular weight excluding hydrogens is 755 g/mol. The van der Waals surface area contributed by atoms with E-state index in [-0.39, 0.29) is 29.8 Å². The van der Waals surface area contributed by atoms with Crippen LogP contribution in [0.4, 0.5) is 5.13 Å². The first-order valence-electron chi connectivity index (χ1n) is 21.0. The van der Waals surface area contributed by atoms with Crippen molar-refractivity contribution >= 4 is 58.1 Å². The van der Waals surface area contributed by atoms with E-state index in [4.69, 9.17) is 19.0 Å². The Bertz CT molecular complexity index is 1320. The highest BCUT2D eigenvalue weighted by Gasteiger charge is 2.54. The van der Waals surface area contributed by atoms with Crippen LogP contribution in [0.1, 0.15) is 148 Å². The molecule has 3 rings (SSSR count). The summed E-state index contributed by atoms with van der Waals surface area (Å²) in [5.41, 5.74) is 0.0245. The number of aromatic nitrogens is 1. The fourth-order valence-electron chi connectivity index (χ4n) is 6.71. The Morgan fingerprint density at radius 2 is 1.39 bits per heavy atom. The third kappa shape index (κ3) is 17.2. The quantitative estimate of drug-likeness (QED) is 0.0174. The van der Waals surface area contributed by atoms with Crippen molar-refractivity contribution in [2.45, 2.75) is 166 Å². The minimum Gasteiger partial charge on any atom is -0.456 e. The number of hydrogen-bond acceptors (Lipinski definition) is 12. The number of nitrogens with zero attached hydrogens (tertiary/aromatic N) is 3. The summed E-state index contributed by atoms with van der Waals surface area (Å²) in [7, 11) is 1.29. The molecule has 0 spiro atoms. The summed E-state index contributed by atoms with van der Waals surface area (Å²) in [6, 6.07) is -1.86. The van der Waals surface area contributed by atoms with Gasteiger partial charge in [-0.2, -0.15) is 0 Å². The second-order valence-corrected chi connectivity index (χ2v) is 16.4. The fourth-order valence-corrected chi connectivity index (χ4v) is 8.47. The zero-order valence-corrected chi connectivity index (χ0v) is 35.6. The first-order chi connectivity index (χ1) is 27.4. The molecule has 1 aromatic heterocycles. The molecule has 2 N–H and O–H groups in total. The summed E-state index contributed by atoms with van der Waals surface area (Å²) in [5, 5.41) is 12.0. The van der Waals surface area contributed by atoms with E-state index in [9.17, 15) is 19.2 Å². The second-order valence-electron chi connectivity index (χ2n) is 14.5. The number of nitrogens with one attached hydrogen (secondary N) is 2. The van der Waals surface area contributed by atoms with E-state index in [1.54, 1.807) is 16.9 Å². The van der Waals surface area contributed by atoms with Crippen molar-refractivity contribution in [1.82, 2.24) is 15.2 Å². The first-order valence-corrected chi connectivity index (χ1v) is 22.9. The third-order valence-electron chi connectivity index (χ3n) is 9.89. The number of thiazole rings is 1. The second kappa shape index (κ2) is 29.2. The van der Waals surface area contributed by atoms with E-state index in [0.29, 0.717) is 19.6 Å². The fraction of sp³-hybridized carbons (Fsp3) is 0.756. The number of thioether (sulfide) groups is 1. The summed E-state index contributed by atoms with van der Waals surface area (Å²) >= 11 is 2.43. The van der Waals surface area contributed by atoms with Crippen LogP contribution in [0.15, 0.2) is 22.0 Å². The van der Waals surface area contributed by atoms with Crippen LogP contribution in [0.5, 0.6) is 0 Å². The molecule has 2 aliphatic rings. The van der Waals surface area contributed by atoms with E-state index in [1.165, 1.54) is 127 Å². The molecule has 0 saturated carbocycles. The van der Waals surface area contributed by atoms with E-state index < -0.39 is 41.3 Å². The number of fused-ring (bicyclic) bond motifs is 1. The molecule has 56 heavy (non-hydrogen) atoms. The number of ether oxygens (including phenoxy) is 3. The molecule has 0 bridgehead atoms. The number of amides is 3. The van der Waals surface area contributed by atoms with E-state index in [0.717, 1.165) is 37.0 Å². The number of oxime groups is 1.